The van der Waals surface area contributed by atoms with Crippen LogP contribution in [0.15, 0.2) is 35.2 Å². The largest absolute Gasteiger partial charge is 0.496 e. The Kier molecular flexibility index (Phi) is 6.52. The Morgan fingerprint density at radius 3 is 2.76 bits per heavy atom. The van der Waals surface area contributed by atoms with Crippen molar-refractivity contribution in [3.63, 3.8) is 0 Å². The van der Waals surface area contributed by atoms with Crippen LogP contribution in [0.4, 0.5) is 18.3 Å². The fourth-order valence-corrected chi connectivity index (χ4v) is 4.81. The molecule has 0 atom stereocenters. The van der Waals surface area contributed by atoms with Crippen LogP contribution in [-0.2, 0) is 12.6 Å². The van der Waals surface area contributed by atoms with Gasteiger partial charge < -0.3 is 4.74 Å². The van der Waals surface area contributed by atoms with E-state index < -0.39 is 17.8 Å². The first-order valence-corrected chi connectivity index (χ1v) is 11.7. The third-order valence-electron chi connectivity index (χ3n) is 4.83. The molecular formula is C22H19F3N4O2S2. The van der Waals surface area contributed by atoms with Gasteiger partial charge in [0.2, 0.25) is 0 Å². The van der Waals surface area contributed by atoms with Gasteiger partial charge in [-0.2, -0.15) is 13.2 Å². The number of ether oxygens (including phenoxy) is 1. The van der Waals surface area contributed by atoms with Gasteiger partial charge in [0.15, 0.2) is 15.8 Å². The number of halogens is 3. The van der Waals surface area contributed by atoms with Gasteiger partial charge in [-0.1, -0.05) is 31.6 Å². The maximum Gasteiger partial charge on any atom is 0.434 e. The van der Waals surface area contributed by atoms with Gasteiger partial charge in [-0.25, -0.2) is 9.97 Å². The number of nitrogens with one attached hydrogen (secondary N) is 1. The van der Waals surface area contributed by atoms with Gasteiger partial charge in [0.25, 0.3) is 5.91 Å². The summed E-state index contributed by atoms with van der Waals surface area (Å²) in [5, 5.41) is 4.97. The predicted octanol–water partition coefficient (Wildman–Crippen LogP) is 6.25. The lowest BCUT2D eigenvalue weighted by molar-refractivity contribution is -0.140. The Balaban J connectivity index is 1.68. The molecule has 0 radical (unpaired) electrons. The van der Waals surface area contributed by atoms with Crippen molar-refractivity contribution in [2.75, 3.05) is 12.4 Å². The van der Waals surface area contributed by atoms with Crippen molar-refractivity contribution in [1.29, 1.82) is 0 Å². The standard InChI is InChI=1S/C22H19F3N4O2S2/c1-3-5-14-13(6-4-7-16(14)31-2)8-9-15-18(29-10-11-32-21(29)26-15)19(30)28-20-27-17(12-33-20)22(23,24)25/h4,6-12H,3,5H2,1-2H3,(H,27,28,30). The molecule has 4 aromatic rings. The van der Waals surface area contributed by atoms with Crippen LogP contribution < -0.4 is 10.1 Å². The highest BCUT2D eigenvalue weighted by molar-refractivity contribution is 7.15. The highest BCUT2D eigenvalue weighted by Gasteiger charge is 2.34. The molecule has 172 valence electrons. The van der Waals surface area contributed by atoms with E-state index in [9.17, 15) is 18.0 Å². The van der Waals surface area contributed by atoms with Crippen LogP contribution in [0.1, 0.15) is 46.3 Å². The van der Waals surface area contributed by atoms with Crippen molar-refractivity contribution in [3.05, 3.63) is 63.4 Å². The number of fused-ring (bicyclic) bond motifs is 1. The fraction of sp³-hybridized carbons (Fsp3) is 0.227. The SMILES string of the molecule is CCCc1c(C=Cc2nc3sccn3c2C(=O)Nc2nc(C(F)(F)F)cs2)cccc1OC. The predicted molar refractivity (Wildman–Crippen MR) is 124 cm³/mol. The molecular weight excluding hydrogens is 473 g/mol. The van der Waals surface area contributed by atoms with E-state index in [4.69, 9.17) is 4.74 Å². The number of carbonyl (C=O) groups excluding carboxylic acids is 1. The summed E-state index contributed by atoms with van der Waals surface area (Å²) in [5.41, 5.74) is 1.56. The first-order valence-electron chi connectivity index (χ1n) is 9.95. The zero-order chi connectivity index (χ0) is 23.6. The molecule has 1 amide bonds. The van der Waals surface area contributed by atoms with Crippen LogP contribution in [0.25, 0.3) is 17.1 Å². The summed E-state index contributed by atoms with van der Waals surface area (Å²) < 4.78 is 45.6. The Morgan fingerprint density at radius 1 is 1.24 bits per heavy atom. The molecule has 1 N–H and O–H groups in total. The molecule has 0 saturated carbocycles. The number of hydrogen-bond donors (Lipinski definition) is 1. The lowest BCUT2D eigenvalue weighted by Gasteiger charge is -2.10. The molecule has 0 bridgehead atoms. The van der Waals surface area contributed by atoms with Crippen molar-refractivity contribution < 1.29 is 22.7 Å². The molecule has 1 aromatic carbocycles. The summed E-state index contributed by atoms with van der Waals surface area (Å²) in [7, 11) is 1.62. The Labute approximate surface area is 195 Å². The number of amides is 1. The lowest BCUT2D eigenvalue weighted by atomic mass is 10.0. The average molecular weight is 493 g/mol. The van der Waals surface area contributed by atoms with Crippen LogP contribution in [-0.4, -0.2) is 27.4 Å². The summed E-state index contributed by atoms with van der Waals surface area (Å²) in [6.07, 6.45) is 2.46. The van der Waals surface area contributed by atoms with Gasteiger partial charge in [-0.15, -0.1) is 22.7 Å². The summed E-state index contributed by atoms with van der Waals surface area (Å²) in [4.78, 5) is 21.6. The van der Waals surface area contributed by atoms with Gasteiger partial charge in [-0.3, -0.25) is 14.5 Å². The highest BCUT2D eigenvalue weighted by atomic mass is 32.1. The number of benzene rings is 1. The second-order valence-electron chi connectivity index (χ2n) is 7.00. The van der Waals surface area contributed by atoms with E-state index in [2.05, 4.69) is 22.2 Å². The second-order valence-corrected chi connectivity index (χ2v) is 8.73. The second kappa shape index (κ2) is 9.36. The molecule has 0 aliphatic carbocycles. The molecule has 0 spiro atoms. The van der Waals surface area contributed by atoms with E-state index in [1.807, 2.05) is 24.3 Å². The highest BCUT2D eigenvalue weighted by Crippen LogP contribution is 2.32. The zero-order valence-corrected chi connectivity index (χ0v) is 19.3. The zero-order valence-electron chi connectivity index (χ0n) is 17.6. The molecule has 4 rings (SSSR count). The van der Waals surface area contributed by atoms with Gasteiger partial charge in [0.05, 0.1) is 12.8 Å². The Bertz CT molecular complexity index is 1320. The summed E-state index contributed by atoms with van der Waals surface area (Å²) in [6.45, 7) is 2.08. The molecule has 3 heterocycles. The molecule has 0 unspecified atom stereocenters. The number of aromatic nitrogens is 3. The van der Waals surface area contributed by atoms with E-state index in [-0.39, 0.29) is 10.8 Å². The summed E-state index contributed by atoms with van der Waals surface area (Å²) in [6, 6.07) is 5.74. The smallest absolute Gasteiger partial charge is 0.434 e. The molecule has 11 heteroatoms. The normalized spacial score (nSPS) is 12.0. The number of nitrogens with zero attached hydrogens (tertiary/aromatic N) is 3. The number of alkyl halides is 3. The Morgan fingerprint density at radius 2 is 2.06 bits per heavy atom. The number of imidazole rings is 1. The third kappa shape index (κ3) is 4.79. The lowest BCUT2D eigenvalue weighted by Crippen LogP contribution is -2.15. The summed E-state index contributed by atoms with van der Waals surface area (Å²) >= 11 is 2.06. The molecule has 0 fully saturated rings. The van der Waals surface area contributed by atoms with Crippen molar-refractivity contribution in [2.45, 2.75) is 25.9 Å². The van der Waals surface area contributed by atoms with E-state index in [1.54, 1.807) is 29.2 Å². The minimum Gasteiger partial charge on any atom is -0.496 e. The topological polar surface area (TPSA) is 68.5 Å². The molecule has 3 aromatic heterocycles. The first-order chi connectivity index (χ1) is 15.8. The van der Waals surface area contributed by atoms with Crippen molar-refractivity contribution >= 4 is 50.8 Å². The van der Waals surface area contributed by atoms with Crippen molar-refractivity contribution in [3.8, 4) is 5.75 Å². The van der Waals surface area contributed by atoms with Crippen LogP contribution >= 0.6 is 22.7 Å². The van der Waals surface area contributed by atoms with Gasteiger partial charge >= 0.3 is 6.18 Å². The fourth-order valence-electron chi connectivity index (χ4n) is 3.38. The number of methoxy groups -OCH3 is 1. The average Bonchev–Trinajstić information content (AvgIpc) is 3.48. The van der Waals surface area contributed by atoms with Crippen LogP contribution in [0.3, 0.4) is 0 Å². The molecule has 0 saturated heterocycles. The van der Waals surface area contributed by atoms with Crippen molar-refractivity contribution in [2.24, 2.45) is 0 Å². The van der Waals surface area contributed by atoms with E-state index >= 15 is 0 Å². The monoisotopic (exact) mass is 492 g/mol. The number of carbonyl (C=O) groups is 1. The first kappa shape index (κ1) is 23.0. The number of hydrogen-bond acceptors (Lipinski definition) is 6. The van der Waals surface area contributed by atoms with Crippen LogP contribution in [0.5, 0.6) is 5.75 Å². The molecule has 0 aliphatic heterocycles. The quantitative estimate of drug-likeness (QED) is 0.331. The number of rotatable bonds is 7. The van der Waals surface area contributed by atoms with E-state index in [1.165, 1.54) is 11.3 Å². The molecule has 33 heavy (non-hydrogen) atoms. The maximum absolute atomic E-state index is 13.0. The molecule has 6 nitrogen and oxygen atoms in total. The molecule has 0 aliphatic rings. The van der Waals surface area contributed by atoms with Crippen molar-refractivity contribution in [1.82, 2.24) is 14.4 Å². The van der Waals surface area contributed by atoms with E-state index in [0.29, 0.717) is 22.0 Å². The van der Waals surface area contributed by atoms with Gasteiger partial charge in [0.1, 0.15) is 11.4 Å². The van der Waals surface area contributed by atoms with Crippen LogP contribution in [0, 0.1) is 0 Å². The van der Waals surface area contributed by atoms with E-state index in [0.717, 1.165) is 35.1 Å². The van der Waals surface area contributed by atoms with Gasteiger partial charge in [-0.05, 0) is 24.1 Å². The van der Waals surface area contributed by atoms with Gasteiger partial charge in [0, 0.05) is 22.5 Å². The Hall–Kier alpha value is -3.18. The number of thiazole rings is 2. The third-order valence-corrected chi connectivity index (χ3v) is 6.34. The number of anilines is 1. The minimum atomic E-state index is -4.57. The minimum absolute atomic E-state index is 0.134. The maximum atomic E-state index is 13.0. The summed E-state index contributed by atoms with van der Waals surface area (Å²) in [5.74, 6) is 0.190. The van der Waals surface area contributed by atoms with Crippen LogP contribution in [0.2, 0.25) is 0 Å².